The molecule has 0 aromatic heterocycles. The summed E-state index contributed by atoms with van der Waals surface area (Å²) in [6, 6.07) is 3.47. The molecule has 0 fully saturated rings. The Morgan fingerprint density at radius 2 is 1.89 bits per heavy atom. The maximum Gasteiger partial charge on any atom is 0.294 e. The van der Waals surface area contributed by atoms with Crippen molar-refractivity contribution in [2.75, 3.05) is 13.4 Å². The lowest BCUT2D eigenvalue weighted by Crippen LogP contribution is -2.01. The van der Waals surface area contributed by atoms with Crippen molar-refractivity contribution < 1.29 is 26.1 Å². The summed E-state index contributed by atoms with van der Waals surface area (Å²) >= 11 is 0. The second-order valence-corrected chi connectivity index (χ2v) is 6.44. The predicted octanol–water partition coefficient (Wildman–Crippen LogP) is 0.320. The van der Waals surface area contributed by atoms with E-state index in [-0.39, 0.29) is 16.2 Å². The van der Waals surface area contributed by atoms with Crippen LogP contribution in [-0.4, -0.2) is 41.0 Å². The van der Waals surface area contributed by atoms with Gasteiger partial charge >= 0.3 is 0 Å². The van der Waals surface area contributed by atoms with Crippen molar-refractivity contribution in [3.05, 3.63) is 23.8 Å². The Balaban J connectivity index is 3.36. The van der Waals surface area contributed by atoms with Gasteiger partial charge in [0.1, 0.15) is 5.75 Å². The Kier molecular flexibility index (Phi) is 4.09. The van der Waals surface area contributed by atoms with Crippen LogP contribution in [-0.2, 0) is 20.1 Å². The average Bonchev–Trinajstić information content (AvgIpc) is 2.23. The van der Waals surface area contributed by atoms with Crippen molar-refractivity contribution in [1.29, 1.82) is 0 Å². The highest BCUT2D eigenvalue weighted by molar-refractivity contribution is 7.89. The number of nitrogens with zero attached hydrogens (tertiary/aromatic N) is 1. The summed E-state index contributed by atoms with van der Waals surface area (Å²) in [7, 11) is -6.63. The number of methoxy groups -OCH3 is 1. The van der Waals surface area contributed by atoms with Crippen molar-refractivity contribution in [1.82, 2.24) is 0 Å². The van der Waals surface area contributed by atoms with Crippen LogP contribution in [0.3, 0.4) is 0 Å². The minimum Gasteiger partial charge on any atom is -0.496 e. The van der Waals surface area contributed by atoms with Gasteiger partial charge in [0.25, 0.3) is 10.1 Å². The molecule has 0 unspecified atom stereocenters. The lowest BCUT2D eigenvalue weighted by atomic mass is 10.2. The molecular formula is C9H11NO6S2. The third-order valence-corrected chi connectivity index (χ3v) is 3.22. The van der Waals surface area contributed by atoms with Crippen LogP contribution in [0.25, 0.3) is 0 Å². The SMILES string of the molecule is COc1ccc(S(=O)(=O)O)cc1C=NS(C)(=O)=O. The molecule has 0 saturated carbocycles. The Morgan fingerprint density at radius 1 is 1.28 bits per heavy atom. The van der Waals surface area contributed by atoms with Crippen LogP contribution in [0.15, 0.2) is 27.5 Å². The fourth-order valence-corrected chi connectivity index (χ4v) is 1.95. The summed E-state index contributed by atoms with van der Waals surface area (Å²) in [5.74, 6) is 0.231. The van der Waals surface area contributed by atoms with Crippen LogP contribution >= 0.6 is 0 Å². The molecule has 1 N–H and O–H groups in total. The third kappa shape index (κ3) is 4.09. The van der Waals surface area contributed by atoms with Crippen LogP contribution in [0, 0.1) is 0 Å². The Labute approximate surface area is 105 Å². The molecule has 0 heterocycles. The van der Waals surface area contributed by atoms with Crippen LogP contribution in [0.2, 0.25) is 0 Å². The molecule has 0 aliphatic rings. The highest BCUT2D eigenvalue weighted by Gasteiger charge is 2.12. The number of hydrogen-bond acceptors (Lipinski definition) is 5. The standard InChI is InChI=1S/C9H11NO6S2/c1-16-9-4-3-8(18(13,14)15)5-7(9)6-10-17(2,11)12/h3-6H,1-2H3,(H,13,14,15). The molecule has 1 rings (SSSR count). The van der Waals surface area contributed by atoms with Crippen molar-refractivity contribution in [3.8, 4) is 5.75 Å². The van der Waals surface area contributed by atoms with E-state index in [1.807, 2.05) is 0 Å². The minimum atomic E-state index is -4.37. The van der Waals surface area contributed by atoms with Gasteiger partial charge in [-0.2, -0.15) is 12.8 Å². The van der Waals surface area contributed by atoms with Crippen LogP contribution in [0.5, 0.6) is 5.75 Å². The van der Waals surface area contributed by atoms with Gasteiger partial charge in [0, 0.05) is 5.56 Å². The molecule has 0 spiro atoms. The zero-order valence-corrected chi connectivity index (χ0v) is 11.2. The third-order valence-electron chi connectivity index (χ3n) is 1.88. The average molecular weight is 293 g/mol. The van der Waals surface area contributed by atoms with Gasteiger partial charge in [-0.25, -0.2) is 8.42 Å². The van der Waals surface area contributed by atoms with E-state index in [0.29, 0.717) is 0 Å². The van der Waals surface area contributed by atoms with E-state index >= 15 is 0 Å². The second kappa shape index (κ2) is 5.04. The second-order valence-electron chi connectivity index (χ2n) is 3.35. The first-order valence-corrected chi connectivity index (χ1v) is 7.83. The van der Waals surface area contributed by atoms with Crippen LogP contribution in [0.1, 0.15) is 5.56 Å². The number of hydrogen-bond donors (Lipinski definition) is 1. The molecule has 18 heavy (non-hydrogen) atoms. The lowest BCUT2D eigenvalue weighted by molar-refractivity contribution is 0.413. The Morgan fingerprint density at radius 3 is 2.33 bits per heavy atom. The highest BCUT2D eigenvalue weighted by atomic mass is 32.2. The zero-order chi connectivity index (χ0) is 14.0. The first-order chi connectivity index (χ1) is 8.13. The number of benzene rings is 1. The minimum absolute atomic E-state index is 0.123. The fourth-order valence-electron chi connectivity index (χ4n) is 1.13. The summed E-state index contributed by atoms with van der Waals surface area (Å²) in [4.78, 5) is -0.377. The van der Waals surface area contributed by atoms with E-state index < -0.39 is 20.1 Å². The maximum absolute atomic E-state index is 10.9. The molecule has 0 atom stereocenters. The van der Waals surface area contributed by atoms with Crippen molar-refractivity contribution in [2.24, 2.45) is 4.40 Å². The van der Waals surface area contributed by atoms with E-state index in [1.165, 1.54) is 13.2 Å². The molecule has 0 amide bonds. The Hall–Kier alpha value is -1.45. The molecular weight excluding hydrogens is 282 g/mol. The van der Waals surface area contributed by atoms with Gasteiger partial charge in [-0.15, -0.1) is 0 Å². The first kappa shape index (κ1) is 14.6. The van der Waals surface area contributed by atoms with Gasteiger partial charge in [-0.1, -0.05) is 0 Å². The number of sulfonamides is 1. The monoisotopic (exact) mass is 293 g/mol. The normalized spacial score (nSPS) is 12.8. The predicted molar refractivity (Wildman–Crippen MR) is 65.2 cm³/mol. The van der Waals surface area contributed by atoms with E-state index in [2.05, 4.69) is 4.40 Å². The van der Waals surface area contributed by atoms with E-state index in [9.17, 15) is 16.8 Å². The fraction of sp³-hybridized carbons (Fsp3) is 0.222. The van der Waals surface area contributed by atoms with Crippen molar-refractivity contribution in [3.63, 3.8) is 0 Å². The summed E-state index contributed by atoms with van der Waals surface area (Å²) in [6.07, 6.45) is 1.84. The quantitative estimate of drug-likeness (QED) is 0.632. The molecule has 100 valence electrons. The van der Waals surface area contributed by atoms with Crippen molar-refractivity contribution in [2.45, 2.75) is 4.90 Å². The van der Waals surface area contributed by atoms with E-state index in [1.54, 1.807) is 0 Å². The molecule has 0 saturated heterocycles. The van der Waals surface area contributed by atoms with E-state index in [4.69, 9.17) is 9.29 Å². The van der Waals surface area contributed by atoms with Crippen LogP contribution in [0.4, 0.5) is 0 Å². The van der Waals surface area contributed by atoms with Crippen molar-refractivity contribution >= 4 is 26.4 Å². The van der Waals surface area contributed by atoms with Gasteiger partial charge in [0.15, 0.2) is 0 Å². The van der Waals surface area contributed by atoms with Gasteiger partial charge < -0.3 is 4.74 Å². The molecule has 0 aliphatic heterocycles. The van der Waals surface area contributed by atoms with E-state index in [0.717, 1.165) is 24.6 Å². The van der Waals surface area contributed by atoms with Gasteiger partial charge in [-0.3, -0.25) is 4.55 Å². The first-order valence-electron chi connectivity index (χ1n) is 4.54. The summed E-state index contributed by atoms with van der Waals surface area (Å²) in [5.41, 5.74) is 0.123. The number of rotatable bonds is 4. The number of ether oxygens (including phenoxy) is 1. The highest BCUT2D eigenvalue weighted by Crippen LogP contribution is 2.20. The lowest BCUT2D eigenvalue weighted by Gasteiger charge is -2.05. The molecule has 1 aromatic rings. The summed E-state index contributed by atoms with van der Waals surface area (Å²) in [5, 5.41) is 0. The topological polar surface area (TPSA) is 110 Å². The maximum atomic E-state index is 10.9. The Bertz CT molecular complexity index is 675. The molecule has 0 bridgehead atoms. The van der Waals surface area contributed by atoms with Gasteiger partial charge in [0.2, 0.25) is 10.0 Å². The molecule has 1 aromatic carbocycles. The molecule has 0 radical (unpaired) electrons. The largest absolute Gasteiger partial charge is 0.496 e. The van der Waals surface area contributed by atoms with Gasteiger partial charge in [-0.05, 0) is 18.2 Å². The summed E-state index contributed by atoms with van der Waals surface area (Å²) < 4.78 is 60.7. The smallest absolute Gasteiger partial charge is 0.294 e. The molecule has 0 aliphatic carbocycles. The van der Waals surface area contributed by atoms with Gasteiger partial charge in [0.05, 0.1) is 24.5 Å². The molecule has 9 heteroatoms. The molecule has 7 nitrogen and oxygen atoms in total. The zero-order valence-electron chi connectivity index (χ0n) is 9.56. The summed E-state index contributed by atoms with van der Waals surface area (Å²) in [6.45, 7) is 0. The van der Waals surface area contributed by atoms with Crippen LogP contribution < -0.4 is 4.74 Å².